The minimum atomic E-state index is -0.527. The maximum atomic E-state index is 12.5. The fraction of sp³-hybridized carbons (Fsp3) is 0.188. The fourth-order valence-corrected chi connectivity index (χ4v) is 2.25. The van der Waals surface area contributed by atoms with E-state index in [1.54, 1.807) is 45.0 Å². The minimum Gasteiger partial charge on any atom is -0.339 e. The van der Waals surface area contributed by atoms with Crippen LogP contribution in [0, 0.1) is 20.8 Å². The third kappa shape index (κ3) is 2.94. The number of rotatable bonds is 3. The second-order valence-corrected chi connectivity index (χ2v) is 5.31. The zero-order valence-electron chi connectivity index (χ0n) is 13.4. The summed E-state index contributed by atoms with van der Waals surface area (Å²) in [6.45, 7) is 5.11. The zero-order valence-corrected chi connectivity index (χ0v) is 13.4. The summed E-state index contributed by atoms with van der Waals surface area (Å²) < 4.78 is 4.95. The van der Waals surface area contributed by atoms with E-state index in [9.17, 15) is 9.59 Å². The van der Waals surface area contributed by atoms with Crippen molar-refractivity contribution < 1.29 is 9.32 Å². The molecule has 2 aromatic heterocycles. The van der Waals surface area contributed by atoms with E-state index < -0.39 is 11.5 Å². The fourth-order valence-electron chi connectivity index (χ4n) is 2.25. The van der Waals surface area contributed by atoms with E-state index in [1.165, 1.54) is 0 Å². The number of anilines is 1. The number of aryl methyl sites for hydroxylation is 2. The van der Waals surface area contributed by atoms with Crippen molar-refractivity contribution in [3.8, 4) is 11.4 Å². The number of amides is 1. The van der Waals surface area contributed by atoms with Crippen molar-refractivity contribution in [3.05, 3.63) is 57.3 Å². The Morgan fingerprint density at radius 2 is 2.04 bits per heavy atom. The number of hydrogen-bond acceptors (Lipinski definition) is 6. The van der Waals surface area contributed by atoms with E-state index >= 15 is 0 Å². The largest absolute Gasteiger partial charge is 0.339 e. The van der Waals surface area contributed by atoms with Crippen molar-refractivity contribution in [2.24, 2.45) is 0 Å². The molecule has 0 atom stereocenters. The van der Waals surface area contributed by atoms with E-state index in [0.717, 1.165) is 0 Å². The number of carbonyl (C=O) groups is 1. The van der Waals surface area contributed by atoms with E-state index in [1.807, 2.05) is 0 Å². The van der Waals surface area contributed by atoms with Gasteiger partial charge in [0.25, 0.3) is 11.5 Å². The molecular weight excluding hydrogens is 310 g/mol. The molecule has 0 aliphatic heterocycles. The normalized spacial score (nSPS) is 10.6. The molecule has 0 unspecified atom stereocenters. The van der Waals surface area contributed by atoms with Gasteiger partial charge in [-0.05, 0) is 31.5 Å². The Bertz CT molecular complexity index is 974. The van der Waals surface area contributed by atoms with Gasteiger partial charge < -0.3 is 9.84 Å². The first-order chi connectivity index (χ1) is 11.5. The summed E-state index contributed by atoms with van der Waals surface area (Å²) in [6, 6.07) is 6.98. The molecule has 122 valence electrons. The molecule has 0 radical (unpaired) electrons. The van der Waals surface area contributed by atoms with Gasteiger partial charge in [0.2, 0.25) is 11.7 Å². The van der Waals surface area contributed by atoms with Crippen LogP contribution in [0.15, 0.2) is 33.6 Å². The lowest BCUT2D eigenvalue weighted by Crippen LogP contribution is -2.26. The van der Waals surface area contributed by atoms with Crippen LogP contribution in [0.5, 0.6) is 0 Å². The van der Waals surface area contributed by atoms with Gasteiger partial charge in [-0.3, -0.25) is 9.59 Å². The number of carbonyl (C=O) groups excluding carboxylic acids is 1. The molecule has 24 heavy (non-hydrogen) atoms. The highest BCUT2D eigenvalue weighted by Crippen LogP contribution is 2.20. The summed E-state index contributed by atoms with van der Waals surface area (Å²) in [5, 5.41) is 12.7. The lowest BCUT2D eigenvalue weighted by atomic mass is 10.1. The standard InChI is InChI=1S/C16H15N5O3/c1-8-9(2)19-20-16(23)13(8)15(22)18-12-6-4-5-11(7-12)14-17-10(3)24-21-14/h4-7H,1-3H3,(H,18,22)(H,20,23). The Kier molecular flexibility index (Phi) is 3.95. The smallest absolute Gasteiger partial charge is 0.277 e. The molecule has 1 amide bonds. The first-order valence-electron chi connectivity index (χ1n) is 7.23. The SMILES string of the molecule is Cc1nc(-c2cccc(NC(=O)c3c(C)c(C)n[nH]c3=O)c2)no1. The number of nitrogens with zero attached hydrogens (tertiary/aromatic N) is 3. The molecule has 2 N–H and O–H groups in total. The lowest BCUT2D eigenvalue weighted by molar-refractivity contribution is 0.102. The third-order valence-corrected chi connectivity index (χ3v) is 3.60. The molecular formula is C16H15N5O3. The molecule has 0 saturated carbocycles. The van der Waals surface area contributed by atoms with Crippen LogP contribution in [0.25, 0.3) is 11.4 Å². The van der Waals surface area contributed by atoms with Crippen molar-refractivity contribution in [2.75, 3.05) is 5.32 Å². The van der Waals surface area contributed by atoms with Gasteiger partial charge in [-0.15, -0.1) is 0 Å². The van der Waals surface area contributed by atoms with Crippen LogP contribution in [0.2, 0.25) is 0 Å². The number of benzene rings is 1. The number of H-pyrrole nitrogens is 1. The van der Waals surface area contributed by atoms with Gasteiger partial charge in [0, 0.05) is 18.2 Å². The topological polar surface area (TPSA) is 114 Å². The number of aromatic amines is 1. The zero-order chi connectivity index (χ0) is 17.3. The second-order valence-electron chi connectivity index (χ2n) is 5.31. The first-order valence-corrected chi connectivity index (χ1v) is 7.23. The van der Waals surface area contributed by atoms with Crippen LogP contribution in [0.4, 0.5) is 5.69 Å². The molecule has 3 aromatic rings. The number of aromatic nitrogens is 4. The monoisotopic (exact) mass is 325 g/mol. The summed E-state index contributed by atoms with van der Waals surface area (Å²) in [5.41, 5.74) is 1.87. The molecule has 3 rings (SSSR count). The predicted molar refractivity (Wildman–Crippen MR) is 86.8 cm³/mol. The van der Waals surface area contributed by atoms with Crippen molar-refractivity contribution in [3.63, 3.8) is 0 Å². The molecule has 1 aromatic carbocycles. The molecule has 0 aliphatic rings. The van der Waals surface area contributed by atoms with Gasteiger partial charge in [-0.2, -0.15) is 10.1 Å². The van der Waals surface area contributed by atoms with Gasteiger partial charge in [0.15, 0.2) is 0 Å². The summed E-state index contributed by atoms with van der Waals surface area (Å²) in [4.78, 5) is 28.5. The quantitative estimate of drug-likeness (QED) is 0.761. The Hall–Kier alpha value is -3.29. The van der Waals surface area contributed by atoms with Gasteiger partial charge in [-0.25, -0.2) is 5.10 Å². The third-order valence-electron chi connectivity index (χ3n) is 3.60. The molecule has 0 bridgehead atoms. The van der Waals surface area contributed by atoms with Gasteiger partial charge in [0.05, 0.1) is 5.69 Å². The maximum absolute atomic E-state index is 12.5. The molecule has 8 nitrogen and oxygen atoms in total. The van der Waals surface area contributed by atoms with Crippen molar-refractivity contribution >= 4 is 11.6 Å². The van der Waals surface area contributed by atoms with E-state index in [-0.39, 0.29) is 5.56 Å². The van der Waals surface area contributed by atoms with Crippen LogP contribution in [0.1, 0.15) is 27.5 Å². The molecule has 0 saturated heterocycles. The molecule has 0 spiro atoms. The van der Waals surface area contributed by atoms with Gasteiger partial charge in [-0.1, -0.05) is 17.3 Å². The predicted octanol–water partition coefficient (Wildman–Crippen LogP) is 2.00. The molecule has 0 aliphatic carbocycles. The Balaban J connectivity index is 1.91. The highest BCUT2D eigenvalue weighted by Gasteiger charge is 2.17. The van der Waals surface area contributed by atoms with Gasteiger partial charge >= 0.3 is 0 Å². The van der Waals surface area contributed by atoms with Crippen LogP contribution < -0.4 is 10.9 Å². The number of hydrogen-bond donors (Lipinski definition) is 2. The van der Waals surface area contributed by atoms with Crippen LogP contribution in [0.3, 0.4) is 0 Å². The average molecular weight is 325 g/mol. The Labute approximate surface area is 136 Å². The second kappa shape index (κ2) is 6.07. The average Bonchev–Trinajstić information content (AvgIpc) is 2.98. The van der Waals surface area contributed by atoms with E-state index in [0.29, 0.717) is 34.2 Å². The van der Waals surface area contributed by atoms with Crippen LogP contribution in [-0.4, -0.2) is 26.2 Å². The Morgan fingerprint density at radius 3 is 2.75 bits per heavy atom. The highest BCUT2D eigenvalue weighted by molar-refractivity contribution is 6.05. The van der Waals surface area contributed by atoms with Crippen molar-refractivity contribution in [1.29, 1.82) is 0 Å². The summed E-state index contributed by atoms with van der Waals surface area (Å²) in [6.07, 6.45) is 0. The summed E-state index contributed by atoms with van der Waals surface area (Å²) in [7, 11) is 0. The van der Waals surface area contributed by atoms with Crippen molar-refractivity contribution in [2.45, 2.75) is 20.8 Å². The maximum Gasteiger partial charge on any atom is 0.277 e. The molecule has 2 heterocycles. The summed E-state index contributed by atoms with van der Waals surface area (Å²) >= 11 is 0. The highest BCUT2D eigenvalue weighted by atomic mass is 16.5. The Morgan fingerprint density at radius 1 is 1.25 bits per heavy atom. The molecule has 8 heteroatoms. The van der Waals surface area contributed by atoms with Crippen LogP contribution in [-0.2, 0) is 0 Å². The van der Waals surface area contributed by atoms with Crippen molar-refractivity contribution in [1.82, 2.24) is 20.3 Å². The number of nitrogens with one attached hydrogen (secondary N) is 2. The van der Waals surface area contributed by atoms with E-state index in [2.05, 4.69) is 25.7 Å². The summed E-state index contributed by atoms with van der Waals surface area (Å²) in [5.74, 6) is 0.381. The first kappa shape index (κ1) is 15.6. The van der Waals surface area contributed by atoms with Crippen LogP contribution >= 0.6 is 0 Å². The molecule has 0 fully saturated rings. The van der Waals surface area contributed by atoms with Gasteiger partial charge in [0.1, 0.15) is 5.56 Å². The lowest BCUT2D eigenvalue weighted by Gasteiger charge is -2.08. The van der Waals surface area contributed by atoms with E-state index in [4.69, 9.17) is 4.52 Å². The minimum absolute atomic E-state index is 0.0447.